The van der Waals surface area contributed by atoms with E-state index in [1.165, 1.54) is 25.7 Å². The third-order valence-corrected chi connectivity index (χ3v) is 4.78. The van der Waals surface area contributed by atoms with Crippen LogP contribution in [-0.4, -0.2) is 25.7 Å². The molecule has 3 N–H and O–H groups in total. The van der Waals surface area contributed by atoms with Crippen molar-refractivity contribution < 1.29 is 9.53 Å². The van der Waals surface area contributed by atoms with Crippen molar-refractivity contribution in [3.05, 3.63) is 29.3 Å². The quantitative estimate of drug-likeness (QED) is 0.600. The molecule has 0 atom stereocenters. The van der Waals surface area contributed by atoms with Gasteiger partial charge in [-0.3, -0.25) is 4.79 Å². The Hall–Kier alpha value is -1.55. The van der Waals surface area contributed by atoms with Crippen LogP contribution >= 0.6 is 0 Å². The molecule has 2 rings (SSSR count). The van der Waals surface area contributed by atoms with Crippen LogP contribution in [0.15, 0.2) is 18.2 Å². The molecule has 0 heterocycles. The number of aryl methyl sites for hydroxylation is 1. The minimum atomic E-state index is -0.0208. The largest absolute Gasteiger partial charge is 0.399 e. The van der Waals surface area contributed by atoms with Crippen molar-refractivity contribution in [3.63, 3.8) is 0 Å². The average Bonchev–Trinajstić information content (AvgIpc) is 2.97. The summed E-state index contributed by atoms with van der Waals surface area (Å²) in [6, 6.07) is 5.48. The number of rotatable bonds is 7. The van der Waals surface area contributed by atoms with Gasteiger partial charge in [-0.1, -0.05) is 18.9 Å². The molecule has 1 saturated carbocycles. The van der Waals surface area contributed by atoms with Crippen LogP contribution in [0.4, 0.5) is 5.69 Å². The second-order valence-corrected chi connectivity index (χ2v) is 6.41. The van der Waals surface area contributed by atoms with Gasteiger partial charge >= 0.3 is 0 Å². The minimum Gasteiger partial charge on any atom is -0.399 e. The maximum Gasteiger partial charge on any atom is 0.251 e. The third-order valence-electron chi connectivity index (χ3n) is 4.78. The molecule has 4 nitrogen and oxygen atoms in total. The molecule has 1 aliphatic rings. The monoisotopic (exact) mass is 304 g/mol. The van der Waals surface area contributed by atoms with Crippen LogP contribution in [0.25, 0.3) is 0 Å². The van der Waals surface area contributed by atoms with Gasteiger partial charge in [0.05, 0.1) is 0 Å². The lowest BCUT2D eigenvalue weighted by molar-refractivity contribution is 0.0862. The lowest BCUT2D eigenvalue weighted by Gasteiger charge is -2.29. The number of hydrogen-bond donors (Lipinski definition) is 2. The highest BCUT2D eigenvalue weighted by atomic mass is 16.5. The number of amides is 1. The lowest BCUT2D eigenvalue weighted by atomic mass is 9.83. The van der Waals surface area contributed by atoms with Gasteiger partial charge in [-0.2, -0.15) is 0 Å². The SMILES string of the molecule is CCOCCC1(CNC(=O)c2cc(N)ccc2C)CCCC1. The molecule has 1 aromatic rings. The third kappa shape index (κ3) is 4.23. The number of nitrogens with one attached hydrogen (secondary N) is 1. The highest BCUT2D eigenvalue weighted by molar-refractivity contribution is 5.96. The van der Waals surface area contributed by atoms with Crippen LogP contribution in [-0.2, 0) is 4.74 Å². The average molecular weight is 304 g/mol. The van der Waals surface area contributed by atoms with E-state index in [-0.39, 0.29) is 11.3 Å². The van der Waals surface area contributed by atoms with Gasteiger partial charge < -0.3 is 15.8 Å². The Balaban J connectivity index is 1.97. The maximum atomic E-state index is 12.4. The number of carbonyl (C=O) groups excluding carboxylic acids is 1. The van der Waals surface area contributed by atoms with E-state index < -0.39 is 0 Å². The summed E-state index contributed by atoms with van der Waals surface area (Å²) in [4.78, 5) is 12.4. The number of benzene rings is 1. The Morgan fingerprint density at radius 1 is 1.36 bits per heavy atom. The Bertz CT molecular complexity index is 508. The molecule has 0 bridgehead atoms. The Morgan fingerprint density at radius 2 is 2.09 bits per heavy atom. The van der Waals surface area contributed by atoms with E-state index in [0.717, 1.165) is 31.7 Å². The molecular weight excluding hydrogens is 276 g/mol. The molecule has 4 heteroatoms. The van der Waals surface area contributed by atoms with E-state index in [1.54, 1.807) is 6.07 Å². The number of nitrogens with two attached hydrogens (primary N) is 1. The predicted octanol–water partition coefficient (Wildman–Crippen LogP) is 3.29. The molecule has 1 aromatic carbocycles. The van der Waals surface area contributed by atoms with Crippen molar-refractivity contribution >= 4 is 11.6 Å². The van der Waals surface area contributed by atoms with Crippen molar-refractivity contribution in [2.24, 2.45) is 5.41 Å². The zero-order valence-corrected chi connectivity index (χ0v) is 13.8. The van der Waals surface area contributed by atoms with Crippen molar-refractivity contribution in [3.8, 4) is 0 Å². The van der Waals surface area contributed by atoms with E-state index in [9.17, 15) is 4.79 Å². The van der Waals surface area contributed by atoms with E-state index >= 15 is 0 Å². The van der Waals surface area contributed by atoms with Gasteiger partial charge in [-0.15, -0.1) is 0 Å². The summed E-state index contributed by atoms with van der Waals surface area (Å²) in [5, 5.41) is 3.13. The van der Waals surface area contributed by atoms with Crippen molar-refractivity contribution in [1.82, 2.24) is 5.32 Å². The second kappa shape index (κ2) is 7.63. The molecule has 0 spiro atoms. The molecule has 1 aliphatic carbocycles. The fraction of sp³-hybridized carbons (Fsp3) is 0.611. The first kappa shape index (κ1) is 16.8. The molecule has 0 saturated heterocycles. The summed E-state index contributed by atoms with van der Waals surface area (Å²) >= 11 is 0. The predicted molar refractivity (Wildman–Crippen MR) is 89.9 cm³/mol. The van der Waals surface area contributed by atoms with Gasteiger partial charge in [0.1, 0.15) is 0 Å². The number of nitrogen functional groups attached to an aromatic ring is 1. The summed E-state index contributed by atoms with van der Waals surface area (Å²) < 4.78 is 5.52. The standard InChI is InChI=1S/C18H28N2O2/c1-3-22-11-10-18(8-4-5-9-18)13-20-17(21)16-12-15(19)7-6-14(16)2/h6-7,12H,3-5,8-11,13,19H2,1-2H3,(H,20,21). The molecule has 1 amide bonds. The van der Waals surface area contributed by atoms with E-state index in [0.29, 0.717) is 11.3 Å². The van der Waals surface area contributed by atoms with Crippen LogP contribution in [0.1, 0.15) is 54.9 Å². The minimum absolute atomic E-state index is 0.0208. The fourth-order valence-electron chi connectivity index (χ4n) is 3.32. The molecule has 0 unspecified atom stereocenters. The smallest absolute Gasteiger partial charge is 0.251 e. The first-order chi connectivity index (χ1) is 10.6. The molecule has 122 valence electrons. The number of ether oxygens (including phenoxy) is 1. The van der Waals surface area contributed by atoms with Gasteiger partial charge in [0.15, 0.2) is 0 Å². The van der Waals surface area contributed by atoms with Gasteiger partial charge in [0.2, 0.25) is 0 Å². The second-order valence-electron chi connectivity index (χ2n) is 6.41. The fourth-order valence-corrected chi connectivity index (χ4v) is 3.32. The van der Waals surface area contributed by atoms with Gasteiger partial charge in [-0.25, -0.2) is 0 Å². The summed E-state index contributed by atoms with van der Waals surface area (Å²) in [6.07, 6.45) is 5.88. The maximum absolute atomic E-state index is 12.4. The number of hydrogen-bond acceptors (Lipinski definition) is 3. The van der Waals surface area contributed by atoms with Gasteiger partial charge in [-0.05, 0) is 56.2 Å². The Morgan fingerprint density at radius 3 is 2.77 bits per heavy atom. The highest BCUT2D eigenvalue weighted by Crippen LogP contribution is 2.40. The molecule has 0 aromatic heterocycles. The first-order valence-electron chi connectivity index (χ1n) is 8.28. The summed E-state index contributed by atoms with van der Waals surface area (Å²) in [5.74, 6) is -0.0208. The summed E-state index contributed by atoms with van der Waals surface area (Å²) in [7, 11) is 0. The molecule has 0 radical (unpaired) electrons. The first-order valence-corrected chi connectivity index (χ1v) is 8.28. The normalized spacial score (nSPS) is 16.6. The zero-order chi connectivity index (χ0) is 16.0. The van der Waals surface area contributed by atoms with Crippen LogP contribution in [0.2, 0.25) is 0 Å². The van der Waals surface area contributed by atoms with Gasteiger partial charge in [0.25, 0.3) is 5.91 Å². The van der Waals surface area contributed by atoms with Crippen LogP contribution < -0.4 is 11.1 Å². The van der Waals surface area contributed by atoms with Gasteiger partial charge in [0, 0.05) is 31.0 Å². The van der Waals surface area contributed by atoms with Crippen LogP contribution in [0.5, 0.6) is 0 Å². The van der Waals surface area contributed by atoms with E-state index in [4.69, 9.17) is 10.5 Å². The lowest BCUT2D eigenvalue weighted by Crippen LogP contribution is -2.37. The van der Waals surface area contributed by atoms with Crippen molar-refractivity contribution in [2.45, 2.75) is 46.0 Å². The van der Waals surface area contributed by atoms with E-state index in [1.807, 2.05) is 26.0 Å². The summed E-state index contributed by atoms with van der Waals surface area (Å²) in [6.45, 7) is 6.22. The molecular formula is C18H28N2O2. The molecule has 22 heavy (non-hydrogen) atoms. The molecule has 0 aliphatic heterocycles. The van der Waals surface area contributed by atoms with Crippen molar-refractivity contribution in [2.75, 3.05) is 25.5 Å². The van der Waals surface area contributed by atoms with Crippen LogP contribution in [0, 0.1) is 12.3 Å². The van der Waals surface area contributed by atoms with E-state index in [2.05, 4.69) is 5.32 Å². The van der Waals surface area contributed by atoms with Crippen molar-refractivity contribution in [1.29, 1.82) is 0 Å². The number of anilines is 1. The highest BCUT2D eigenvalue weighted by Gasteiger charge is 2.33. The van der Waals surface area contributed by atoms with Crippen LogP contribution in [0.3, 0.4) is 0 Å². The number of carbonyl (C=O) groups is 1. The Kier molecular flexibility index (Phi) is 5.83. The molecule has 1 fully saturated rings. The Labute approximate surface area is 133 Å². The topological polar surface area (TPSA) is 64.3 Å². The zero-order valence-electron chi connectivity index (χ0n) is 13.8. The summed E-state index contributed by atoms with van der Waals surface area (Å²) in [5.41, 5.74) is 8.27.